The van der Waals surface area contributed by atoms with Crippen molar-refractivity contribution in [1.82, 2.24) is 9.80 Å². The normalized spacial score (nSPS) is 17.5. The van der Waals surface area contributed by atoms with Gasteiger partial charge in [0.2, 0.25) is 0 Å². The van der Waals surface area contributed by atoms with Crippen molar-refractivity contribution in [3.63, 3.8) is 0 Å². The van der Waals surface area contributed by atoms with E-state index in [1.807, 2.05) is 25.9 Å². The van der Waals surface area contributed by atoms with Crippen molar-refractivity contribution in [2.45, 2.75) is 26.8 Å². The minimum absolute atomic E-state index is 0.00301. The number of aliphatic hydroxyl groups is 1. The Morgan fingerprint density at radius 3 is 2.43 bits per heavy atom. The summed E-state index contributed by atoms with van der Waals surface area (Å²) < 4.78 is 11.1. The van der Waals surface area contributed by atoms with Crippen molar-refractivity contribution in [1.29, 1.82) is 0 Å². The van der Waals surface area contributed by atoms with Crippen molar-refractivity contribution < 1.29 is 29.3 Å². The number of aliphatic hydroxyl groups excluding tert-OH is 1. The summed E-state index contributed by atoms with van der Waals surface area (Å²) in [6.07, 6.45) is 0. The predicted octanol–water partition coefficient (Wildman–Crippen LogP) is 3.73. The number of hydrogen-bond acceptors (Lipinski definition) is 7. The molecule has 0 bridgehead atoms. The Balaban J connectivity index is 2.11. The highest BCUT2D eigenvalue weighted by Crippen LogP contribution is 2.42. The Labute approximate surface area is 206 Å². The highest BCUT2D eigenvalue weighted by Gasteiger charge is 2.46. The van der Waals surface area contributed by atoms with Crippen LogP contribution >= 0.6 is 0 Å². The molecule has 2 aromatic rings. The summed E-state index contributed by atoms with van der Waals surface area (Å²) in [6.45, 7) is 7.35. The van der Waals surface area contributed by atoms with Gasteiger partial charge in [0.25, 0.3) is 11.7 Å². The molecule has 2 N–H and O–H groups in total. The van der Waals surface area contributed by atoms with Gasteiger partial charge in [-0.1, -0.05) is 19.9 Å². The molecule has 1 saturated heterocycles. The molecule has 1 atom stereocenters. The standard InChI is InChI=1S/C27H34N2O6/c1-16(2)15-35-21-10-8-19(13-17(21)3)25(31)23-24(18-7-9-20(30)22(14-18)34-6)29(12-11-28(4)5)27(33)26(23)32/h7-10,13-14,16,24,30-31H,11-12,15H2,1-6H3/b25-23+/t24-/m1/s1. The van der Waals surface area contributed by atoms with Crippen LogP contribution in [-0.4, -0.2) is 72.6 Å². The fraction of sp³-hybridized carbons (Fsp3) is 0.407. The number of aromatic hydroxyl groups is 1. The number of ketones is 1. The van der Waals surface area contributed by atoms with Gasteiger partial charge in [-0.3, -0.25) is 9.59 Å². The predicted molar refractivity (Wildman–Crippen MR) is 134 cm³/mol. The van der Waals surface area contributed by atoms with E-state index in [1.54, 1.807) is 30.3 Å². The SMILES string of the molecule is COc1cc([C@@H]2/C(=C(\O)c3ccc(OCC(C)C)c(C)c3)C(=O)C(=O)N2CCN(C)C)ccc1O. The van der Waals surface area contributed by atoms with Crippen LogP contribution < -0.4 is 9.47 Å². The number of carbonyl (C=O) groups is 2. The maximum absolute atomic E-state index is 13.2. The molecule has 2 aromatic carbocycles. The first kappa shape index (κ1) is 26.1. The average molecular weight is 483 g/mol. The van der Waals surface area contributed by atoms with Crippen LogP contribution in [0.25, 0.3) is 5.76 Å². The number of hydrogen-bond donors (Lipinski definition) is 2. The Hall–Kier alpha value is -3.52. The number of ether oxygens (including phenoxy) is 2. The van der Waals surface area contributed by atoms with E-state index in [1.165, 1.54) is 18.1 Å². The molecule has 0 saturated carbocycles. The molecule has 1 aliphatic heterocycles. The zero-order valence-electron chi connectivity index (χ0n) is 21.2. The highest BCUT2D eigenvalue weighted by atomic mass is 16.5. The number of likely N-dealkylation sites (N-methyl/N-ethyl adjacent to an activating group) is 1. The number of amides is 1. The van der Waals surface area contributed by atoms with Crippen LogP contribution in [-0.2, 0) is 9.59 Å². The number of benzene rings is 2. The summed E-state index contributed by atoms with van der Waals surface area (Å²) in [4.78, 5) is 29.6. The molecule has 0 radical (unpaired) electrons. The van der Waals surface area contributed by atoms with E-state index in [0.29, 0.717) is 35.9 Å². The number of nitrogens with zero attached hydrogens (tertiary/aromatic N) is 2. The van der Waals surface area contributed by atoms with Gasteiger partial charge in [0.05, 0.1) is 25.3 Å². The molecule has 1 aliphatic rings. The number of phenolic OH excluding ortho intramolecular Hbond substituents is 1. The van der Waals surface area contributed by atoms with Crippen LogP contribution in [0.3, 0.4) is 0 Å². The van der Waals surface area contributed by atoms with Gasteiger partial charge < -0.3 is 29.5 Å². The second-order valence-electron chi connectivity index (χ2n) is 9.41. The monoisotopic (exact) mass is 482 g/mol. The van der Waals surface area contributed by atoms with E-state index in [0.717, 1.165) is 5.56 Å². The molecule has 0 spiro atoms. The molecule has 0 unspecified atom stereocenters. The first-order chi connectivity index (χ1) is 16.5. The summed E-state index contributed by atoms with van der Waals surface area (Å²) in [6, 6.07) is 9.00. The van der Waals surface area contributed by atoms with Gasteiger partial charge in [0, 0.05) is 18.7 Å². The lowest BCUT2D eigenvalue weighted by atomic mass is 9.94. The van der Waals surface area contributed by atoms with Crippen LogP contribution in [0.2, 0.25) is 0 Å². The number of phenols is 1. The zero-order chi connectivity index (χ0) is 25.9. The molecule has 1 heterocycles. The maximum atomic E-state index is 13.2. The van der Waals surface area contributed by atoms with E-state index < -0.39 is 17.7 Å². The number of Topliss-reactive ketones (excluding diaryl/α,β-unsaturated/α-hetero) is 1. The van der Waals surface area contributed by atoms with E-state index in [2.05, 4.69) is 13.8 Å². The van der Waals surface area contributed by atoms with E-state index in [4.69, 9.17) is 9.47 Å². The van der Waals surface area contributed by atoms with Gasteiger partial charge in [0.1, 0.15) is 11.5 Å². The quantitative estimate of drug-likeness (QED) is 0.319. The molecule has 0 aliphatic carbocycles. The number of aryl methyl sites for hydroxylation is 1. The topological polar surface area (TPSA) is 99.5 Å². The van der Waals surface area contributed by atoms with Gasteiger partial charge in [-0.25, -0.2) is 0 Å². The Morgan fingerprint density at radius 2 is 1.83 bits per heavy atom. The lowest BCUT2D eigenvalue weighted by Gasteiger charge is -2.27. The average Bonchev–Trinajstić information content (AvgIpc) is 3.06. The summed E-state index contributed by atoms with van der Waals surface area (Å²) >= 11 is 0. The Kier molecular flexibility index (Phi) is 8.07. The summed E-state index contributed by atoms with van der Waals surface area (Å²) in [5.41, 5.74) is 1.77. The number of likely N-dealkylation sites (tertiary alicyclic amines) is 1. The smallest absolute Gasteiger partial charge is 0.295 e. The van der Waals surface area contributed by atoms with E-state index in [9.17, 15) is 19.8 Å². The number of carbonyl (C=O) groups excluding carboxylic acids is 2. The Bertz CT molecular complexity index is 1140. The highest BCUT2D eigenvalue weighted by molar-refractivity contribution is 6.46. The molecule has 8 heteroatoms. The van der Waals surface area contributed by atoms with Gasteiger partial charge in [-0.2, -0.15) is 0 Å². The third-order valence-corrected chi connectivity index (χ3v) is 5.87. The lowest BCUT2D eigenvalue weighted by Crippen LogP contribution is -2.35. The van der Waals surface area contributed by atoms with E-state index in [-0.39, 0.29) is 29.4 Å². The largest absolute Gasteiger partial charge is 0.507 e. The van der Waals surface area contributed by atoms with E-state index >= 15 is 0 Å². The lowest BCUT2D eigenvalue weighted by molar-refractivity contribution is -0.140. The second kappa shape index (κ2) is 10.8. The zero-order valence-corrected chi connectivity index (χ0v) is 21.2. The van der Waals surface area contributed by atoms with Gasteiger partial charge in [-0.05, 0) is 68.4 Å². The van der Waals surface area contributed by atoms with Gasteiger partial charge >= 0.3 is 0 Å². The molecule has 0 aromatic heterocycles. The fourth-order valence-corrected chi connectivity index (χ4v) is 4.00. The molecule has 35 heavy (non-hydrogen) atoms. The van der Waals surface area contributed by atoms with Crippen LogP contribution in [0, 0.1) is 12.8 Å². The first-order valence-corrected chi connectivity index (χ1v) is 11.6. The molecule has 188 valence electrons. The van der Waals surface area contributed by atoms with Gasteiger partial charge in [0.15, 0.2) is 11.5 Å². The maximum Gasteiger partial charge on any atom is 0.295 e. The van der Waals surface area contributed by atoms with Crippen molar-refractivity contribution in [2.24, 2.45) is 5.92 Å². The third kappa shape index (κ3) is 5.59. The third-order valence-electron chi connectivity index (χ3n) is 5.87. The van der Waals surface area contributed by atoms with Crippen molar-refractivity contribution in [2.75, 3.05) is 40.9 Å². The second-order valence-corrected chi connectivity index (χ2v) is 9.41. The van der Waals surface area contributed by atoms with Crippen LogP contribution in [0.1, 0.15) is 36.6 Å². The minimum Gasteiger partial charge on any atom is -0.507 e. The summed E-state index contributed by atoms with van der Waals surface area (Å²) in [5, 5.41) is 21.4. The van der Waals surface area contributed by atoms with Crippen LogP contribution in [0.4, 0.5) is 0 Å². The minimum atomic E-state index is -0.832. The summed E-state index contributed by atoms with van der Waals surface area (Å²) in [7, 11) is 5.18. The first-order valence-electron chi connectivity index (χ1n) is 11.6. The van der Waals surface area contributed by atoms with Crippen LogP contribution in [0.5, 0.6) is 17.2 Å². The van der Waals surface area contributed by atoms with Crippen molar-refractivity contribution in [3.8, 4) is 17.2 Å². The number of methoxy groups -OCH3 is 1. The molecule has 3 rings (SSSR count). The molecule has 8 nitrogen and oxygen atoms in total. The molecular weight excluding hydrogens is 448 g/mol. The van der Waals surface area contributed by atoms with Crippen molar-refractivity contribution in [3.05, 3.63) is 58.7 Å². The summed E-state index contributed by atoms with van der Waals surface area (Å²) in [5.74, 6) is -0.483. The molecular formula is C27H34N2O6. The number of rotatable bonds is 9. The molecule has 1 amide bonds. The van der Waals surface area contributed by atoms with Crippen molar-refractivity contribution >= 4 is 17.4 Å². The molecule has 1 fully saturated rings. The Morgan fingerprint density at radius 1 is 1.11 bits per heavy atom. The fourth-order valence-electron chi connectivity index (χ4n) is 4.00. The van der Waals surface area contributed by atoms with Crippen LogP contribution in [0.15, 0.2) is 42.0 Å². The van der Waals surface area contributed by atoms with Gasteiger partial charge in [-0.15, -0.1) is 0 Å².